The molecule has 4 heterocycles. The Labute approximate surface area is 176 Å². The number of aromatic nitrogens is 1. The number of hydrogen-bond donors (Lipinski definition) is 2. The highest BCUT2D eigenvalue weighted by Gasteiger charge is 2.46. The van der Waals surface area contributed by atoms with E-state index in [1.807, 2.05) is 12.1 Å². The lowest BCUT2D eigenvalue weighted by Gasteiger charge is -2.42. The molecule has 158 valence electrons. The lowest BCUT2D eigenvalue weighted by Crippen LogP contribution is -2.55. The van der Waals surface area contributed by atoms with Gasteiger partial charge in [-0.05, 0) is 30.7 Å². The highest BCUT2D eigenvalue weighted by Crippen LogP contribution is 2.35. The van der Waals surface area contributed by atoms with Crippen LogP contribution in [0.3, 0.4) is 0 Å². The quantitative estimate of drug-likeness (QED) is 0.704. The minimum Gasteiger partial charge on any atom is -0.376 e. The Balaban J connectivity index is 1.38. The Morgan fingerprint density at radius 2 is 1.77 bits per heavy atom. The van der Waals surface area contributed by atoms with E-state index >= 15 is 0 Å². The number of benzene rings is 1. The molecule has 9 nitrogen and oxygen atoms in total. The number of carbonyl (C=O) groups excluding carboxylic acids is 4. The van der Waals surface area contributed by atoms with Crippen LogP contribution >= 0.6 is 0 Å². The zero-order valence-corrected chi connectivity index (χ0v) is 16.3. The lowest BCUT2D eigenvalue weighted by molar-refractivity contribution is -0.136. The first-order chi connectivity index (χ1) is 14.9. The maximum atomic E-state index is 14.7. The van der Waals surface area contributed by atoms with Crippen molar-refractivity contribution in [3.8, 4) is 0 Å². The molecular formula is C21H18FN5O4. The van der Waals surface area contributed by atoms with Gasteiger partial charge < -0.3 is 10.2 Å². The molecule has 3 aliphatic rings. The number of nitrogens with zero attached hydrogens (tertiary/aromatic N) is 3. The van der Waals surface area contributed by atoms with Crippen molar-refractivity contribution < 1.29 is 23.6 Å². The molecule has 5 rings (SSSR count). The van der Waals surface area contributed by atoms with Gasteiger partial charge in [-0.25, -0.2) is 4.39 Å². The number of pyridine rings is 1. The van der Waals surface area contributed by atoms with Crippen LogP contribution in [-0.2, 0) is 9.59 Å². The fourth-order valence-corrected chi connectivity index (χ4v) is 4.21. The Morgan fingerprint density at radius 1 is 1.03 bits per heavy atom. The smallest absolute Gasteiger partial charge is 0.264 e. The molecule has 4 amide bonds. The van der Waals surface area contributed by atoms with Crippen LogP contribution in [0.15, 0.2) is 36.7 Å². The van der Waals surface area contributed by atoms with Crippen molar-refractivity contribution >= 4 is 35.0 Å². The van der Waals surface area contributed by atoms with Gasteiger partial charge in [0.15, 0.2) is 0 Å². The van der Waals surface area contributed by atoms with E-state index in [4.69, 9.17) is 0 Å². The lowest BCUT2D eigenvalue weighted by atomic mass is 10.0. The molecule has 3 aliphatic heterocycles. The first-order valence-electron chi connectivity index (χ1n) is 9.89. The number of piperidine rings is 1. The van der Waals surface area contributed by atoms with Crippen molar-refractivity contribution in [1.82, 2.24) is 15.2 Å². The highest BCUT2D eigenvalue weighted by molar-refractivity contribution is 6.25. The fourth-order valence-electron chi connectivity index (χ4n) is 4.21. The fraction of sp³-hybridized carbons (Fsp3) is 0.286. The molecule has 2 fully saturated rings. The van der Waals surface area contributed by atoms with Crippen LogP contribution < -0.4 is 15.5 Å². The van der Waals surface area contributed by atoms with Gasteiger partial charge in [-0.3, -0.25) is 34.4 Å². The number of fused-ring (bicyclic) bond motifs is 1. The monoisotopic (exact) mass is 423 g/mol. The van der Waals surface area contributed by atoms with Gasteiger partial charge in [0.25, 0.3) is 11.8 Å². The van der Waals surface area contributed by atoms with Gasteiger partial charge in [0.1, 0.15) is 11.9 Å². The predicted molar refractivity (Wildman–Crippen MR) is 107 cm³/mol. The third-order valence-electron chi connectivity index (χ3n) is 5.82. The second kappa shape index (κ2) is 7.15. The van der Waals surface area contributed by atoms with Crippen molar-refractivity contribution in [2.75, 3.05) is 23.3 Å². The van der Waals surface area contributed by atoms with Crippen LogP contribution in [0.1, 0.15) is 33.6 Å². The summed E-state index contributed by atoms with van der Waals surface area (Å²) in [5, 5.41) is 5.20. The zero-order valence-electron chi connectivity index (χ0n) is 16.3. The molecule has 2 N–H and O–H groups in total. The van der Waals surface area contributed by atoms with E-state index in [0.717, 1.165) is 16.7 Å². The van der Waals surface area contributed by atoms with Crippen molar-refractivity contribution in [3.05, 3.63) is 53.6 Å². The van der Waals surface area contributed by atoms with Crippen LogP contribution in [0.5, 0.6) is 0 Å². The van der Waals surface area contributed by atoms with Crippen molar-refractivity contribution in [2.45, 2.75) is 24.9 Å². The first kappa shape index (κ1) is 19.2. The molecule has 2 saturated heterocycles. The number of carbonyl (C=O) groups is 4. The molecule has 1 aromatic carbocycles. The Morgan fingerprint density at radius 3 is 2.48 bits per heavy atom. The van der Waals surface area contributed by atoms with E-state index in [9.17, 15) is 23.6 Å². The van der Waals surface area contributed by atoms with Crippen LogP contribution in [0, 0.1) is 5.82 Å². The van der Waals surface area contributed by atoms with Crippen LogP contribution in [0.4, 0.5) is 15.8 Å². The molecule has 1 aromatic heterocycles. The van der Waals surface area contributed by atoms with Crippen molar-refractivity contribution in [1.29, 1.82) is 0 Å². The molecule has 31 heavy (non-hydrogen) atoms. The maximum absolute atomic E-state index is 14.7. The molecule has 0 bridgehead atoms. The van der Waals surface area contributed by atoms with Gasteiger partial charge in [-0.15, -0.1) is 0 Å². The van der Waals surface area contributed by atoms with E-state index in [0.29, 0.717) is 13.1 Å². The van der Waals surface area contributed by atoms with Gasteiger partial charge in [0.2, 0.25) is 11.8 Å². The van der Waals surface area contributed by atoms with Crippen LogP contribution in [0.2, 0.25) is 0 Å². The average Bonchev–Trinajstić information content (AvgIpc) is 2.97. The third kappa shape index (κ3) is 3.11. The second-order valence-corrected chi connectivity index (χ2v) is 7.74. The minimum absolute atomic E-state index is 0.0240. The summed E-state index contributed by atoms with van der Waals surface area (Å²) in [6.07, 6.45) is 3.45. The SMILES string of the molecule is O=C1CCC(N2C(=O)c3ccc(F)c(NC4CN(c5ccncc5)C4)c3C2=O)C(=O)N1. The number of imide groups is 2. The summed E-state index contributed by atoms with van der Waals surface area (Å²) in [5.41, 5.74) is 0.924. The summed E-state index contributed by atoms with van der Waals surface area (Å²) in [7, 11) is 0. The molecule has 10 heteroatoms. The Bertz CT molecular complexity index is 1120. The predicted octanol–water partition coefficient (Wildman–Crippen LogP) is 0.923. The van der Waals surface area contributed by atoms with E-state index in [1.54, 1.807) is 12.4 Å². The number of nitrogens with one attached hydrogen (secondary N) is 2. The summed E-state index contributed by atoms with van der Waals surface area (Å²) in [5.74, 6) is -3.19. The number of rotatable bonds is 4. The molecule has 0 saturated carbocycles. The van der Waals surface area contributed by atoms with Crippen molar-refractivity contribution in [3.63, 3.8) is 0 Å². The number of hydrogen-bond acceptors (Lipinski definition) is 7. The van der Waals surface area contributed by atoms with Crippen LogP contribution in [0.25, 0.3) is 0 Å². The second-order valence-electron chi connectivity index (χ2n) is 7.74. The summed E-state index contributed by atoms with van der Waals surface area (Å²) >= 11 is 0. The summed E-state index contributed by atoms with van der Waals surface area (Å²) in [6, 6.07) is 4.92. The molecule has 0 aliphatic carbocycles. The standard InChI is InChI=1S/C21H18FN5O4/c22-14-2-1-13-17(18(14)24-11-9-26(10-11)12-5-7-23-8-6-12)21(31)27(20(13)30)15-3-4-16(28)25-19(15)29/h1-2,5-8,11,15,24H,3-4,9-10H2,(H,25,28,29). The van der Waals surface area contributed by atoms with E-state index in [2.05, 4.69) is 20.5 Å². The van der Waals surface area contributed by atoms with Gasteiger partial charge in [-0.1, -0.05) is 0 Å². The number of amides is 4. The molecule has 0 spiro atoms. The topological polar surface area (TPSA) is 112 Å². The largest absolute Gasteiger partial charge is 0.376 e. The Hall–Kier alpha value is -3.82. The maximum Gasteiger partial charge on any atom is 0.264 e. The summed E-state index contributed by atoms with van der Waals surface area (Å²) in [6.45, 7) is 1.18. The van der Waals surface area contributed by atoms with E-state index < -0.39 is 35.5 Å². The zero-order chi connectivity index (χ0) is 21.7. The van der Waals surface area contributed by atoms with Gasteiger partial charge in [0.05, 0.1) is 22.9 Å². The average molecular weight is 423 g/mol. The molecule has 0 radical (unpaired) electrons. The highest BCUT2D eigenvalue weighted by atomic mass is 19.1. The number of halogens is 1. The summed E-state index contributed by atoms with van der Waals surface area (Å²) < 4.78 is 14.7. The Kier molecular flexibility index (Phi) is 4.42. The van der Waals surface area contributed by atoms with E-state index in [1.165, 1.54) is 6.07 Å². The van der Waals surface area contributed by atoms with Crippen molar-refractivity contribution in [2.24, 2.45) is 0 Å². The van der Waals surface area contributed by atoms with E-state index in [-0.39, 0.29) is 35.7 Å². The van der Waals surface area contributed by atoms with Gasteiger partial charge >= 0.3 is 0 Å². The third-order valence-corrected chi connectivity index (χ3v) is 5.82. The first-order valence-corrected chi connectivity index (χ1v) is 9.89. The molecule has 2 aromatic rings. The minimum atomic E-state index is -1.09. The van der Waals surface area contributed by atoms with Gasteiger partial charge in [-0.2, -0.15) is 0 Å². The normalized spacial score (nSPS) is 21.1. The number of anilines is 2. The molecule has 1 unspecified atom stereocenters. The molecule has 1 atom stereocenters. The van der Waals surface area contributed by atoms with Crippen LogP contribution in [-0.4, -0.2) is 58.7 Å². The van der Waals surface area contributed by atoms with Gasteiger partial charge in [0, 0.05) is 37.6 Å². The summed E-state index contributed by atoms with van der Waals surface area (Å²) in [4.78, 5) is 56.5. The molecular weight excluding hydrogens is 405 g/mol.